The average molecular weight is 428 g/mol. The zero-order chi connectivity index (χ0) is 21.8. The summed E-state index contributed by atoms with van der Waals surface area (Å²) in [6.07, 6.45) is 5.31. The van der Waals surface area contributed by atoms with Crippen LogP contribution in [0.15, 0.2) is 41.5 Å². The molecule has 9 heteroatoms. The van der Waals surface area contributed by atoms with E-state index in [1.807, 2.05) is 19.1 Å². The number of carbonyl (C=O) groups is 1. The third-order valence-electron chi connectivity index (χ3n) is 4.68. The van der Waals surface area contributed by atoms with Gasteiger partial charge in [-0.1, -0.05) is 17.7 Å². The Morgan fingerprint density at radius 3 is 2.83 bits per heavy atom. The number of hydrogen-bond donors (Lipinski definition) is 2. The summed E-state index contributed by atoms with van der Waals surface area (Å²) in [6, 6.07) is 5.27. The van der Waals surface area contributed by atoms with Crippen LogP contribution >= 0.6 is 11.6 Å². The Morgan fingerprint density at radius 2 is 2.20 bits per heavy atom. The van der Waals surface area contributed by atoms with Crippen molar-refractivity contribution < 1.29 is 14.6 Å². The fourth-order valence-electron chi connectivity index (χ4n) is 3.25. The minimum absolute atomic E-state index is 0.194. The number of aryl methyl sites for hydroxylation is 2. The molecule has 0 spiro atoms. The van der Waals surface area contributed by atoms with Crippen molar-refractivity contribution in [3.8, 4) is 5.75 Å². The van der Waals surface area contributed by atoms with Crippen LogP contribution in [-0.2, 0) is 7.05 Å². The van der Waals surface area contributed by atoms with Gasteiger partial charge in [0.2, 0.25) is 0 Å². The highest BCUT2D eigenvalue weighted by Gasteiger charge is 2.21. The number of rotatable bonds is 7. The summed E-state index contributed by atoms with van der Waals surface area (Å²) in [5.41, 5.74) is 2.94. The number of nitrogens with zero attached hydrogens (tertiary/aromatic N) is 4. The summed E-state index contributed by atoms with van der Waals surface area (Å²) in [4.78, 5) is 15.8. The van der Waals surface area contributed by atoms with E-state index in [0.717, 1.165) is 5.71 Å². The predicted molar refractivity (Wildman–Crippen MR) is 119 cm³/mol. The lowest BCUT2D eigenvalue weighted by Gasteiger charge is -2.11. The fourth-order valence-corrected chi connectivity index (χ4v) is 3.48. The topological polar surface area (TPSA) is 102 Å². The Balaban J connectivity index is 1.89. The minimum Gasteiger partial charge on any atom is -0.486 e. The second kappa shape index (κ2) is 8.96. The molecule has 0 aliphatic carbocycles. The number of carboxylic acid groups (broad SMARTS) is 1. The summed E-state index contributed by atoms with van der Waals surface area (Å²) in [5, 5.41) is 22.0. The monoisotopic (exact) mass is 427 g/mol. The average Bonchev–Trinajstić information content (AvgIpc) is 2.97. The molecule has 0 amide bonds. The maximum Gasteiger partial charge on any atom is 0.352 e. The highest BCUT2D eigenvalue weighted by atomic mass is 35.5. The van der Waals surface area contributed by atoms with Gasteiger partial charge in [-0.15, -0.1) is 5.10 Å². The van der Waals surface area contributed by atoms with E-state index in [4.69, 9.17) is 16.3 Å². The Bertz CT molecular complexity index is 1170. The molecule has 1 aromatic carbocycles. The first-order chi connectivity index (χ1) is 14.4. The number of benzene rings is 1. The van der Waals surface area contributed by atoms with Crippen LogP contribution in [0.4, 0.5) is 11.5 Å². The Morgan fingerprint density at radius 1 is 1.43 bits per heavy atom. The molecule has 156 valence electrons. The smallest absolute Gasteiger partial charge is 0.352 e. The molecule has 0 saturated carbocycles. The first kappa shape index (κ1) is 21.3. The van der Waals surface area contributed by atoms with Gasteiger partial charge >= 0.3 is 5.97 Å². The molecule has 3 rings (SSSR count). The Hall–Kier alpha value is -3.39. The maximum atomic E-state index is 11.6. The molecule has 0 fully saturated rings. The van der Waals surface area contributed by atoms with Crippen LogP contribution in [-0.4, -0.2) is 45.2 Å². The van der Waals surface area contributed by atoms with Crippen molar-refractivity contribution in [1.82, 2.24) is 14.8 Å². The number of carboxylic acids is 1. The molecule has 0 bridgehead atoms. The number of nitrogens with one attached hydrogen (secondary N) is 1. The SMILES string of the molecule is C/C=C\C(COc1ccc(Nc2nncc3c2c(C)c(C(=O)O)n3C)cc1Cl)=NC. The quantitative estimate of drug-likeness (QED) is 0.542. The number of hydrogen-bond acceptors (Lipinski definition) is 6. The number of allylic oxidation sites excluding steroid dienone is 1. The van der Waals surface area contributed by atoms with E-state index in [1.165, 1.54) is 0 Å². The molecule has 0 saturated heterocycles. The number of anilines is 2. The zero-order valence-corrected chi connectivity index (χ0v) is 17.9. The normalized spacial score (nSPS) is 12.0. The van der Waals surface area contributed by atoms with Gasteiger partial charge in [-0.2, -0.15) is 5.10 Å². The summed E-state index contributed by atoms with van der Waals surface area (Å²) in [6.45, 7) is 3.97. The van der Waals surface area contributed by atoms with E-state index < -0.39 is 5.97 Å². The second-order valence-corrected chi connectivity index (χ2v) is 6.97. The molecule has 8 nitrogen and oxygen atoms in total. The number of aromatic nitrogens is 3. The lowest BCUT2D eigenvalue weighted by atomic mass is 10.2. The second-order valence-electron chi connectivity index (χ2n) is 6.57. The number of ether oxygens (including phenoxy) is 1. The van der Waals surface area contributed by atoms with Crippen molar-refractivity contribution in [2.75, 3.05) is 19.0 Å². The predicted octanol–water partition coefficient (Wildman–Crippen LogP) is 4.40. The van der Waals surface area contributed by atoms with Crippen molar-refractivity contribution in [2.24, 2.45) is 12.0 Å². The van der Waals surface area contributed by atoms with Crippen LogP contribution in [0.25, 0.3) is 10.9 Å². The molecule has 0 aliphatic heterocycles. The van der Waals surface area contributed by atoms with Crippen molar-refractivity contribution >= 4 is 45.7 Å². The molecule has 3 aromatic rings. The fraction of sp³-hybridized carbons (Fsp3) is 0.238. The van der Waals surface area contributed by atoms with Crippen molar-refractivity contribution in [3.05, 3.63) is 52.8 Å². The van der Waals surface area contributed by atoms with Crippen LogP contribution in [0.2, 0.25) is 5.02 Å². The van der Waals surface area contributed by atoms with Gasteiger partial charge in [0.25, 0.3) is 0 Å². The number of fused-ring (bicyclic) bond motifs is 1. The molecule has 2 heterocycles. The maximum absolute atomic E-state index is 11.6. The third kappa shape index (κ3) is 4.13. The van der Waals surface area contributed by atoms with E-state index in [0.29, 0.717) is 45.4 Å². The molecule has 0 aliphatic rings. The van der Waals surface area contributed by atoms with E-state index in [-0.39, 0.29) is 5.69 Å². The van der Waals surface area contributed by atoms with Gasteiger partial charge in [0, 0.05) is 25.2 Å². The summed E-state index contributed by atoms with van der Waals surface area (Å²) < 4.78 is 7.34. The largest absolute Gasteiger partial charge is 0.486 e. The lowest BCUT2D eigenvalue weighted by molar-refractivity contribution is 0.0686. The molecular weight excluding hydrogens is 406 g/mol. The van der Waals surface area contributed by atoms with Crippen molar-refractivity contribution in [1.29, 1.82) is 0 Å². The van der Waals surface area contributed by atoms with Gasteiger partial charge in [0.15, 0.2) is 5.82 Å². The molecule has 0 radical (unpaired) electrons. The van der Waals surface area contributed by atoms with E-state index >= 15 is 0 Å². The molecule has 2 aromatic heterocycles. The summed E-state index contributed by atoms with van der Waals surface area (Å²) in [7, 11) is 3.39. The minimum atomic E-state index is -1.00. The first-order valence-electron chi connectivity index (χ1n) is 9.19. The van der Waals surface area contributed by atoms with Crippen LogP contribution < -0.4 is 10.1 Å². The van der Waals surface area contributed by atoms with E-state index in [9.17, 15) is 9.90 Å². The van der Waals surface area contributed by atoms with Crippen LogP contribution in [0.3, 0.4) is 0 Å². The van der Waals surface area contributed by atoms with Crippen molar-refractivity contribution in [3.63, 3.8) is 0 Å². The molecule has 0 atom stereocenters. The number of aliphatic imine (C=N–C) groups is 1. The molecule has 30 heavy (non-hydrogen) atoms. The highest BCUT2D eigenvalue weighted by molar-refractivity contribution is 6.32. The van der Waals surface area contributed by atoms with Gasteiger partial charge in [-0.05, 0) is 43.7 Å². The molecule has 2 N–H and O–H groups in total. The Kier molecular flexibility index (Phi) is 6.37. The Labute approximate surface area is 178 Å². The summed E-state index contributed by atoms with van der Waals surface area (Å²) >= 11 is 6.38. The van der Waals surface area contributed by atoms with Gasteiger partial charge in [0.05, 0.1) is 22.4 Å². The lowest BCUT2D eigenvalue weighted by Crippen LogP contribution is -2.09. The number of halogens is 1. The highest BCUT2D eigenvalue weighted by Crippen LogP contribution is 2.33. The molecule has 0 unspecified atom stereocenters. The third-order valence-corrected chi connectivity index (χ3v) is 4.97. The van der Waals surface area contributed by atoms with Gasteiger partial charge in [0.1, 0.15) is 18.1 Å². The van der Waals surface area contributed by atoms with Crippen molar-refractivity contribution in [2.45, 2.75) is 13.8 Å². The molecular formula is C21H22ClN5O3. The van der Waals surface area contributed by atoms with Crippen LogP contribution in [0, 0.1) is 6.92 Å². The van der Waals surface area contributed by atoms with Gasteiger partial charge in [-0.3, -0.25) is 4.99 Å². The van der Waals surface area contributed by atoms with Crippen LogP contribution in [0.1, 0.15) is 23.0 Å². The van der Waals surface area contributed by atoms with Gasteiger partial charge in [-0.25, -0.2) is 4.79 Å². The van der Waals surface area contributed by atoms with E-state index in [2.05, 4.69) is 20.5 Å². The first-order valence-corrected chi connectivity index (χ1v) is 9.56. The number of aromatic carboxylic acids is 1. The zero-order valence-electron chi connectivity index (χ0n) is 17.1. The van der Waals surface area contributed by atoms with Crippen LogP contribution in [0.5, 0.6) is 5.75 Å². The standard InChI is InChI=1S/C21H22ClN5O3/c1-5-6-14(23-3)11-30-17-8-7-13(9-15(17)22)25-20-18-12(2)19(21(28)29)27(4)16(18)10-24-26-20/h5-10H,11H2,1-4H3,(H,25,26)(H,28,29)/b6-5-,23-14?. The summed E-state index contributed by atoms with van der Waals surface area (Å²) in [5.74, 6) is -0.0258. The van der Waals surface area contributed by atoms with Gasteiger partial charge < -0.3 is 19.7 Å². The van der Waals surface area contributed by atoms with E-state index in [1.54, 1.807) is 50.0 Å².